The van der Waals surface area contributed by atoms with Gasteiger partial charge in [0.2, 0.25) is 0 Å². The van der Waals surface area contributed by atoms with E-state index in [2.05, 4.69) is 41.5 Å². The predicted molar refractivity (Wildman–Crippen MR) is 133 cm³/mol. The van der Waals surface area contributed by atoms with Crippen LogP contribution in [0.15, 0.2) is 91.0 Å². The van der Waals surface area contributed by atoms with Crippen molar-refractivity contribution in [2.75, 3.05) is 0 Å². The first kappa shape index (κ1) is 25.7. The Morgan fingerprint density at radius 3 is 1.00 bits per heavy atom. The molecule has 3 rings (SSSR count). The van der Waals surface area contributed by atoms with Crippen molar-refractivity contribution in [2.24, 2.45) is 0 Å². The molecule has 0 aliphatic rings. The van der Waals surface area contributed by atoms with Gasteiger partial charge in [0.1, 0.15) is 0 Å². The molecular formula is C27H36O4SiZr. The van der Waals surface area contributed by atoms with Gasteiger partial charge in [0.15, 0.2) is 0 Å². The van der Waals surface area contributed by atoms with E-state index in [4.69, 9.17) is 10.9 Å². The van der Waals surface area contributed by atoms with Crippen LogP contribution < -0.4 is 8.44 Å². The first-order chi connectivity index (χ1) is 15.8. The van der Waals surface area contributed by atoms with Gasteiger partial charge in [-0.2, -0.15) is 0 Å². The van der Waals surface area contributed by atoms with E-state index in [0.29, 0.717) is 33.9 Å². The molecule has 0 saturated heterocycles. The molecule has 0 atom stereocenters. The van der Waals surface area contributed by atoms with Crippen LogP contribution >= 0.6 is 0 Å². The first-order valence-electron chi connectivity index (χ1n) is 11.7. The molecule has 0 amide bonds. The van der Waals surface area contributed by atoms with Crippen molar-refractivity contribution in [1.82, 2.24) is 0 Å². The molecule has 0 aliphatic carbocycles. The average Bonchev–Trinajstić information content (AvgIpc) is 2.79. The number of benzene rings is 3. The minimum absolute atomic E-state index is 0.353. The Hall–Kier alpha value is -1.88. The summed E-state index contributed by atoms with van der Waals surface area (Å²) in [7, 11) is -2.41. The Kier molecular flexibility index (Phi) is 8.97. The monoisotopic (exact) mass is 542 g/mol. The fourth-order valence-corrected chi connectivity index (χ4v) is 22.6. The predicted octanol–water partition coefficient (Wildman–Crippen LogP) is 8.23. The third-order valence-electron chi connectivity index (χ3n) is 5.97. The van der Waals surface area contributed by atoms with Gasteiger partial charge < -0.3 is 0 Å². The zero-order chi connectivity index (χ0) is 23.9. The van der Waals surface area contributed by atoms with E-state index in [1.807, 2.05) is 91.0 Å². The molecular weight excluding hydrogens is 508 g/mol. The van der Waals surface area contributed by atoms with Gasteiger partial charge in [0.05, 0.1) is 0 Å². The van der Waals surface area contributed by atoms with Crippen molar-refractivity contribution >= 4 is 8.32 Å². The molecule has 3 aromatic rings. The second-order valence-corrected chi connectivity index (χ2v) is 20.0. The normalized spacial score (nSPS) is 12.3. The van der Waals surface area contributed by atoms with E-state index in [0.717, 1.165) is 0 Å². The molecule has 0 heterocycles. The Balaban J connectivity index is 2.17. The fourth-order valence-electron chi connectivity index (χ4n) is 4.59. The van der Waals surface area contributed by atoms with Crippen LogP contribution in [0.5, 0.6) is 17.2 Å². The molecule has 0 spiro atoms. The summed E-state index contributed by atoms with van der Waals surface area (Å²) in [5.41, 5.74) is 1.06. The Bertz CT molecular complexity index is 842. The number of hydrogen-bond donors (Lipinski definition) is 0. The molecule has 0 bridgehead atoms. The maximum atomic E-state index is 7.30. The summed E-state index contributed by atoms with van der Waals surface area (Å²) >= 11 is -4.80. The molecule has 0 fully saturated rings. The third-order valence-corrected chi connectivity index (χ3v) is 20.0. The van der Waals surface area contributed by atoms with Crippen molar-refractivity contribution in [3.05, 3.63) is 91.0 Å². The Labute approximate surface area is 206 Å². The molecule has 6 heteroatoms. The summed E-state index contributed by atoms with van der Waals surface area (Å²) < 4.78 is 27.4. The van der Waals surface area contributed by atoms with E-state index >= 15 is 0 Å². The van der Waals surface area contributed by atoms with E-state index < -0.39 is 30.3 Å². The van der Waals surface area contributed by atoms with Crippen LogP contribution in [0.4, 0.5) is 0 Å². The molecule has 0 aliphatic heterocycles. The molecule has 3 aromatic carbocycles. The SMILES string of the molecule is CC(C)[Si]([O][Zr]([O]c1ccccc1)([O]c1ccccc1)[O]c1ccccc1)(C(C)C)C(C)C. The third kappa shape index (κ3) is 6.38. The number of hydrogen-bond acceptors (Lipinski definition) is 4. The Morgan fingerprint density at radius 1 is 0.485 bits per heavy atom. The van der Waals surface area contributed by atoms with Crippen LogP contribution in [0.2, 0.25) is 16.6 Å². The van der Waals surface area contributed by atoms with Gasteiger partial charge in [-0.15, -0.1) is 0 Å². The summed E-state index contributed by atoms with van der Waals surface area (Å²) in [5, 5.41) is 0. The Morgan fingerprint density at radius 2 is 0.758 bits per heavy atom. The van der Waals surface area contributed by atoms with Gasteiger partial charge in [0, 0.05) is 0 Å². The minimum atomic E-state index is -4.80. The number of para-hydroxylation sites is 3. The van der Waals surface area contributed by atoms with Crippen molar-refractivity contribution in [2.45, 2.75) is 58.2 Å². The first-order valence-corrected chi connectivity index (χ1v) is 17.8. The van der Waals surface area contributed by atoms with Gasteiger partial charge in [-0.05, 0) is 0 Å². The van der Waals surface area contributed by atoms with Crippen LogP contribution in [0, 0.1) is 0 Å². The van der Waals surface area contributed by atoms with Gasteiger partial charge in [0.25, 0.3) is 0 Å². The summed E-state index contributed by atoms with van der Waals surface area (Å²) in [4.78, 5) is 0. The molecule has 176 valence electrons. The zero-order valence-electron chi connectivity index (χ0n) is 20.5. The quantitative estimate of drug-likeness (QED) is 0.228. The zero-order valence-corrected chi connectivity index (χ0v) is 24.0. The van der Waals surface area contributed by atoms with Crippen LogP contribution in [-0.2, 0) is 24.5 Å². The van der Waals surface area contributed by atoms with Gasteiger partial charge in [-0.1, -0.05) is 0 Å². The van der Waals surface area contributed by atoms with Gasteiger partial charge in [-0.25, -0.2) is 0 Å². The summed E-state index contributed by atoms with van der Waals surface area (Å²) in [6, 6.07) is 29.2. The second-order valence-electron chi connectivity index (χ2n) is 9.17. The van der Waals surface area contributed by atoms with Crippen molar-refractivity contribution in [1.29, 1.82) is 0 Å². The molecule has 0 aromatic heterocycles. The molecule has 0 N–H and O–H groups in total. The van der Waals surface area contributed by atoms with Crippen molar-refractivity contribution in [3.63, 3.8) is 0 Å². The van der Waals surface area contributed by atoms with E-state index in [-0.39, 0.29) is 0 Å². The molecule has 0 unspecified atom stereocenters. The van der Waals surface area contributed by atoms with Crippen LogP contribution in [-0.4, -0.2) is 8.32 Å². The van der Waals surface area contributed by atoms with Gasteiger partial charge in [-0.3, -0.25) is 0 Å². The maximum absolute atomic E-state index is 7.30. The van der Waals surface area contributed by atoms with Crippen molar-refractivity contribution < 1.29 is 33.0 Å². The van der Waals surface area contributed by atoms with E-state index in [1.165, 1.54) is 0 Å². The van der Waals surface area contributed by atoms with Crippen molar-refractivity contribution in [3.8, 4) is 17.2 Å². The summed E-state index contributed by atoms with van der Waals surface area (Å²) in [5.74, 6) is 2.08. The molecule has 4 nitrogen and oxygen atoms in total. The van der Waals surface area contributed by atoms with E-state index in [1.54, 1.807) is 0 Å². The topological polar surface area (TPSA) is 36.9 Å². The molecule has 0 radical (unpaired) electrons. The van der Waals surface area contributed by atoms with E-state index in [9.17, 15) is 0 Å². The number of rotatable bonds is 11. The molecule has 33 heavy (non-hydrogen) atoms. The van der Waals surface area contributed by atoms with Crippen LogP contribution in [0.1, 0.15) is 41.5 Å². The average molecular weight is 544 g/mol. The summed E-state index contributed by atoms with van der Waals surface area (Å²) in [6.07, 6.45) is 0. The second kappa shape index (κ2) is 11.5. The summed E-state index contributed by atoms with van der Waals surface area (Å²) in [6.45, 7) is 13.6. The van der Waals surface area contributed by atoms with Gasteiger partial charge >= 0.3 is 208 Å². The standard InChI is InChI=1S/C9H21OSi.3C6H6O.Zr/c1-7(2)11(10,8(3)4)9(5)6;3*7-6-4-2-1-3-5-6;/h7-9H,1-6H3;3*1-5,7H;/q-1;;;;+4/p-3. The van der Waals surface area contributed by atoms with Crippen LogP contribution in [0.25, 0.3) is 0 Å². The molecule has 0 saturated carbocycles. The van der Waals surface area contributed by atoms with Crippen LogP contribution in [0.3, 0.4) is 0 Å². The fraction of sp³-hybridized carbons (Fsp3) is 0.333.